The minimum Gasteiger partial charge on any atom is -0.497 e. The van der Waals surface area contributed by atoms with Crippen molar-refractivity contribution in [1.29, 1.82) is 0 Å². The Morgan fingerprint density at radius 3 is 2.41 bits per heavy atom. The van der Waals surface area contributed by atoms with E-state index in [2.05, 4.69) is 10.0 Å². The van der Waals surface area contributed by atoms with Crippen LogP contribution in [0.2, 0.25) is 0 Å². The summed E-state index contributed by atoms with van der Waals surface area (Å²) in [6, 6.07) is 11.0. The maximum Gasteiger partial charge on any atom is 0.241 e. The van der Waals surface area contributed by atoms with Gasteiger partial charge in [-0.1, -0.05) is 26.0 Å². The number of hydrogen-bond acceptors (Lipinski definition) is 5. The average molecular weight is 460 g/mol. The second-order valence-electron chi connectivity index (χ2n) is 8.12. The molecule has 9 heteroatoms. The van der Waals surface area contributed by atoms with Crippen LogP contribution in [0.5, 0.6) is 5.75 Å². The van der Waals surface area contributed by atoms with Crippen molar-refractivity contribution >= 4 is 27.5 Å². The number of methoxy groups -OCH3 is 1. The van der Waals surface area contributed by atoms with Crippen LogP contribution >= 0.6 is 0 Å². The van der Waals surface area contributed by atoms with Crippen molar-refractivity contribution in [2.45, 2.75) is 44.7 Å². The molecule has 1 heterocycles. The Labute approximate surface area is 189 Å². The van der Waals surface area contributed by atoms with Crippen molar-refractivity contribution in [2.75, 3.05) is 18.6 Å². The molecule has 2 amide bonds. The second kappa shape index (κ2) is 9.70. The minimum absolute atomic E-state index is 0.0779. The molecule has 172 valence electrons. The molecule has 1 aliphatic heterocycles. The van der Waals surface area contributed by atoms with Crippen LogP contribution in [0.1, 0.15) is 31.9 Å². The Hall–Kier alpha value is -2.91. The Balaban J connectivity index is 1.71. The monoisotopic (exact) mass is 459 g/mol. The van der Waals surface area contributed by atoms with Crippen LogP contribution in [-0.2, 0) is 32.6 Å². The maximum atomic E-state index is 13.0. The van der Waals surface area contributed by atoms with Crippen LogP contribution in [0.3, 0.4) is 0 Å². The van der Waals surface area contributed by atoms with Crippen LogP contribution in [0, 0.1) is 5.92 Å². The number of carbonyl (C=O) groups excluding carboxylic acids is 2. The first-order chi connectivity index (χ1) is 15.1. The van der Waals surface area contributed by atoms with Gasteiger partial charge in [-0.15, -0.1) is 0 Å². The van der Waals surface area contributed by atoms with E-state index in [9.17, 15) is 18.0 Å². The van der Waals surface area contributed by atoms with Gasteiger partial charge < -0.3 is 15.0 Å². The summed E-state index contributed by atoms with van der Waals surface area (Å²) in [6.07, 6.45) is 0.591. The van der Waals surface area contributed by atoms with Crippen molar-refractivity contribution in [3.8, 4) is 5.75 Å². The van der Waals surface area contributed by atoms with Gasteiger partial charge in [0.1, 0.15) is 11.8 Å². The van der Waals surface area contributed by atoms with Crippen LogP contribution in [0.4, 0.5) is 5.69 Å². The van der Waals surface area contributed by atoms with Crippen molar-refractivity contribution in [3.63, 3.8) is 0 Å². The van der Waals surface area contributed by atoms with Crippen LogP contribution < -0.4 is 19.7 Å². The summed E-state index contributed by atoms with van der Waals surface area (Å²) in [4.78, 5) is 26.2. The summed E-state index contributed by atoms with van der Waals surface area (Å²) in [5.74, 6) is -0.0221. The summed E-state index contributed by atoms with van der Waals surface area (Å²) in [7, 11) is -2.35. The van der Waals surface area contributed by atoms with E-state index in [4.69, 9.17) is 4.74 Å². The lowest BCUT2D eigenvalue weighted by Gasteiger charge is -2.22. The predicted molar refractivity (Wildman–Crippen MR) is 122 cm³/mol. The molecule has 0 fully saturated rings. The number of hydrogen-bond donors (Lipinski definition) is 2. The predicted octanol–water partition coefficient (Wildman–Crippen LogP) is 2.22. The molecule has 1 atom stereocenters. The van der Waals surface area contributed by atoms with Crippen LogP contribution in [0.25, 0.3) is 0 Å². The molecule has 0 saturated heterocycles. The van der Waals surface area contributed by atoms with E-state index in [0.717, 1.165) is 16.8 Å². The topological polar surface area (TPSA) is 105 Å². The molecule has 0 spiro atoms. The number of nitrogens with one attached hydrogen (secondary N) is 2. The molecule has 2 aromatic rings. The molecule has 0 bridgehead atoms. The number of ether oxygens (including phenoxy) is 1. The molecular formula is C23H29N3O5S. The Morgan fingerprint density at radius 2 is 1.81 bits per heavy atom. The van der Waals surface area contributed by atoms with Gasteiger partial charge in [0.2, 0.25) is 21.8 Å². The van der Waals surface area contributed by atoms with Gasteiger partial charge in [0.25, 0.3) is 0 Å². The lowest BCUT2D eigenvalue weighted by atomic mass is 10.0. The number of carbonyl (C=O) groups is 2. The van der Waals surface area contributed by atoms with Gasteiger partial charge in [-0.05, 0) is 53.8 Å². The molecule has 0 aromatic heterocycles. The fourth-order valence-corrected chi connectivity index (χ4v) is 5.04. The average Bonchev–Trinajstić information content (AvgIpc) is 3.19. The third-order valence-electron chi connectivity index (χ3n) is 5.49. The van der Waals surface area contributed by atoms with Gasteiger partial charge >= 0.3 is 0 Å². The number of sulfonamides is 1. The normalized spacial score (nSPS) is 14.2. The Morgan fingerprint density at radius 1 is 1.12 bits per heavy atom. The van der Waals surface area contributed by atoms with E-state index in [1.807, 2.05) is 12.1 Å². The highest BCUT2D eigenvalue weighted by Gasteiger charge is 2.30. The zero-order chi connectivity index (χ0) is 23.5. The van der Waals surface area contributed by atoms with Crippen molar-refractivity contribution in [1.82, 2.24) is 10.0 Å². The zero-order valence-electron chi connectivity index (χ0n) is 18.7. The van der Waals surface area contributed by atoms with E-state index >= 15 is 0 Å². The molecule has 3 rings (SSSR count). The fraction of sp³-hybridized carbons (Fsp3) is 0.391. The molecule has 1 aliphatic rings. The molecular weight excluding hydrogens is 430 g/mol. The van der Waals surface area contributed by atoms with Crippen molar-refractivity contribution < 1.29 is 22.7 Å². The molecule has 0 unspecified atom stereocenters. The minimum atomic E-state index is -3.93. The second-order valence-corrected chi connectivity index (χ2v) is 9.83. The van der Waals surface area contributed by atoms with Gasteiger partial charge in [-0.3, -0.25) is 9.59 Å². The number of benzene rings is 2. The Kier molecular flexibility index (Phi) is 7.20. The summed E-state index contributed by atoms with van der Waals surface area (Å²) in [5, 5.41) is 2.80. The smallest absolute Gasteiger partial charge is 0.241 e. The summed E-state index contributed by atoms with van der Waals surface area (Å²) < 4.78 is 33.7. The lowest BCUT2D eigenvalue weighted by Crippen LogP contribution is -2.49. The number of fused-ring (bicyclic) bond motifs is 1. The largest absolute Gasteiger partial charge is 0.497 e. The van der Waals surface area contributed by atoms with Gasteiger partial charge in [0, 0.05) is 25.7 Å². The summed E-state index contributed by atoms with van der Waals surface area (Å²) in [6.45, 7) is 5.86. The van der Waals surface area contributed by atoms with E-state index < -0.39 is 22.0 Å². The third kappa shape index (κ3) is 5.28. The van der Waals surface area contributed by atoms with Gasteiger partial charge in [0.05, 0.1) is 12.0 Å². The fourth-order valence-electron chi connectivity index (χ4n) is 3.64. The van der Waals surface area contributed by atoms with Crippen molar-refractivity contribution in [3.05, 3.63) is 53.6 Å². The summed E-state index contributed by atoms with van der Waals surface area (Å²) in [5.41, 5.74) is 2.40. The van der Waals surface area contributed by atoms with Crippen molar-refractivity contribution in [2.24, 2.45) is 5.92 Å². The maximum absolute atomic E-state index is 13.0. The van der Waals surface area contributed by atoms with E-state index in [1.54, 1.807) is 50.1 Å². The van der Waals surface area contributed by atoms with Crippen LogP contribution in [-0.4, -0.2) is 39.9 Å². The standard InChI is InChI=1S/C23H29N3O5S/c1-15(2)22(23(28)24-14-17-5-7-19(31-4)8-6-17)25-32(29,30)20-9-10-21-18(13-20)11-12-26(21)16(3)27/h5-10,13,15,22,25H,11-12,14H2,1-4H3,(H,24,28)/t22-/m1/s1. The zero-order valence-corrected chi connectivity index (χ0v) is 19.5. The SMILES string of the molecule is COc1ccc(CNC(=O)[C@H](NS(=O)(=O)c2ccc3c(c2)CCN3C(C)=O)C(C)C)cc1. The lowest BCUT2D eigenvalue weighted by molar-refractivity contribution is -0.123. The molecule has 8 nitrogen and oxygen atoms in total. The molecule has 2 aromatic carbocycles. The highest BCUT2D eigenvalue weighted by molar-refractivity contribution is 7.89. The quantitative estimate of drug-likeness (QED) is 0.630. The van der Waals surface area contributed by atoms with E-state index in [1.165, 1.54) is 13.0 Å². The molecule has 32 heavy (non-hydrogen) atoms. The van der Waals surface area contributed by atoms with Gasteiger partial charge in [-0.25, -0.2) is 8.42 Å². The highest BCUT2D eigenvalue weighted by Crippen LogP contribution is 2.30. The molecule has 2 N–H and O–H groups in total. The third-order valence-corrected chi connectivity index (χ3v) is 6.93. The molecule has 0 saturated carbocycles. The Bertz CT molecular complexity index is 1100. The first-order valence-electron chi connectivity index (χ1n) is 10.5. The van der Waals surface area contributed by atoms with Crippen LogP contribution in [0.15, 0.2) is 47.4 Å². The first-order valence-corrected chi connectivity index (χ1v) is 11.9. The molecule has 0 radical (unpaired) electrons. The van der Waals surface area contributed by atoms with E-state index in [-0.39, 0.29) is 23.3 Å². The first kappa shape index (κ1) is 23.7. The number of amides is 2. The van der Waals surface area contributed by atoms with Gasteiger partial charge in [-0.2, -0.15) is 4.72 Å². The van der Waals surface area contributed by atoms with E-state index in [0.29, 0.717) is 18.7 Å². The molecule has 0 aliphatic carbocycles. The number of rotatable bonds is 8. The number of anilines is 1. The summed E-state index contributed by atoms with van der Waals surface area (Å²) >= 11 is 0. The van der Waals surface area contributed by atoms with Gasteiger partial charge in [0.15, 0.2) is 0 Å². The highest BCUT2D eigenvalue weighted by atomic mass is 32.2. The number of nitrogens with zero attached hydrogens (tertiary/aromatic N) is 1.